The van der Waals surface area contributed by atoms with Gasteiger partial charge in [0.2, 0.25) is 0 Å². The molecule has 0 saturated carbocycles. The highest BCUT2D eigenvalue weighted by molar-refractivity contribution is 5.34. The van der Waals surface area contributed by atoms with Gasteiger partial charge in [-0.05, 0) is 35.4 Å². The molecule has 19 heavy (non-hydrogen) atoms. The van der Waals surface area contributed by atoms with Crippen molar-refractivity contribution in [1.82, 2.24) is 0 Å². The van der Waals surface area contributed by atoms with Crippen LogP contribution >= 0.6 is 0 Å². The Hall–Kier alpha value is -1.78. The first-order valence-corrected chi connectivity index (χ1v) is 6.01. The van der Waals surface area contributed by atoms with Crippen LogP contribution in [-0.2, 0) is 0 Å². The van der Waals surface area contributed by atoms with E-state index in [-0.39, 0.29) is 18.2 Å². The molecule has 2 aromatic carbocycles. The average molecular weight is 263 g/mol. The Morgan fingerprint density at radius 1 is 0.947 bits per heavy atom. The highest BCUT2D eigenvalue weighted by Crippen LogP contribution is 2.28. The zero-order chi connectivity index (χ0) is 13.8. The van der Waals surface area contributed by atoms with Crippen LogP contribution in [0.1, 0.15) is 17.0 Å². The van der Waals surface area contributed by atoms with Gasteiger partial charge in [0, 0.05) is 12.5 Å². The number of rotatable bonds is 4. The fraction of sp³-hybridized carbons (Fsp3) is 0.200. The van der Waals surface area contributed by atoms with Gasteiger partial charge in [-0.1, -0.05) is 24.3 Å². The minimum absolute atomic E-state index is 0.0402. The normalized spacial score (nSPS) is 14.1. The van der Waals surface area contributed by atoms with E-state index in [4.69, 9.17) is 5.73 Å². The Bertz CT molecular complexity index is 542. The summed E-state index contributed by atoms with van der Waals surface area (Å²) in [6.07, 6.45) is -0.854. The SMILES string of the molecule is NC[C@H](O)[C@H](c1ccc(F)cc1)c1cccc(F)c1. The van der Waals surface area contributed by atoms with Crippen molar-refractivity contribution in [3.8, 4) is 0 Å². The van der Waals surface area contributed by atoms with Crippen molar-refractivity contribution >= 4 is 0 Å². The summed E-state index contributed by atoms with van der Waals surface area (Å²) in [4.78, 5) is 0. The molecule has 0 saturated heterocycles. The Balaban J connectivity index is 2.44. The zero-order valence-corrected chi connectivity index (χ0v) is 10.3. The van der Waals surface area contributed by atoms with Crippen LogP contribution in [0.15, 0.2) is 48.5 Å². The van der Waals surface area contributed by atoms with E-state index in [1.165, 1.54) is 24.3 Å². The third-order valence-electron chi connectivity index (χ3n) is 3.06. The van der Waals surface area contributed by atoms with Crippen LogP contribution in [0, 0.1) is 11.6 Å². The van der Waals surface area contributed by atoms with Gasteiger partial charge in [-0.3, -0.25) is 0 Å². The highest BCUT2D eigenvalue weighted by Gasteiger charge is 2.22. The van der Waals surface area contributed by atoms with Gasteiger partial charge in [0.15, 0.2) is 0 Å². The Morgan fingerprint density at radius 2 is 1.63 bits per heavy atom. The van der Waals surface area contributed by atoms with Crippen LogP contribution in [0.25, 0.3) is 0 Å². The molecule has 0 heterocycles. The van der Waals surface area contributed by atoms with E-state index in [9.17, 15) is 13.9 Å². The number of benzene rings is 2. The molecule has 0 fully saturated rings. The summed E-state index contributed by atoms with van der Waals surface area (Å²) in [6.45, 7) is 0.0402. The average Bonchev–Trinajstić information content (AvgIpc) is 2.41. The van der Waals surface area contributed by atoms with Gasteiger partial charge in [0.1, 0.15) is 11.6 Å². The molecule has 4 heteroatoms. The van der Waals surface area contributed by atoms with E-state index in [1.54, 1.807) is 24.3 Å². The summed E-state index contributed by atoms with van der Waals surface area (Å²) in [6, 6.07) is 11.7. The summed E-state index contributed by atoms with van der Waals surface area (Å²) >= 11 is 0. The van der Waals surface area contributed by atoms with Crippen LogP contribution < -0.4 is 5.73 Å². The van der Waals surface area contributed by atoms with Gasteiger partial charge in [-0.15, -0.1) is 0 Å². The standard InChI is InChI=1S/C15H15F2NO/c16-12-6-4-10(5-7-12)15(14(19)9-18)11-2-1-3-13(17)8-11/h1-8,14-15,19H,9,18H2/t14-,15+/m0/s1. The second-order valence-electron chi connectivity index (χ2n) is 4.39. The molecular formula is C15H15F2NO. The Morgan fingerprint density at radius 3 is 2.21 bits per heavy atom. The number of aliphatic hydroxyl groups is 1. The summed E-state index contributed by atoms with van der Waals surface area (Å²) in [5.41, 5.74) is 6.81. The summed E-state index contributed by atoms with van der Waals surface area (Å²) in [5.74, 6) is -1.21. The predicted octanol–water partition coefficient (Wildman–Crippen LogP) is 2.42. The van der Waals surface area contributed by atoms with Crippen molar-refractivity contribution in [3.05, 3.63) is 71.3 Å². The maximum atomic E-state index is 13.3. The number of halogens is 2. The van der Waals surface area contributed by atoms with Gasteiger partial charge < -0.3 is 10.8 Å². The number of nitrogens with two attached hydrogens (primary N) is 1. The molecule has 0 spiro atoms. The third kappa shape index (κ3) is 3.16. The lowest BCUT2D eigenvalue weighted by Crippen LogP contribution is -2.28. The van der Waals surface area contributed by atoms with Gasteiger partial charge in [0.25, 0.3) is 0 Å². The van der Waals surface area contributed by atoms with Gasteiger partial charge in [-0.2, -0.15) is 0 Å². The fourth-order valence-corrected chi connectivity index (χ4v) is 2.14. The molecular weight excluding hydrogens is 248 g/mol. The Kier molecular flexibility index (Phi) is 4.24. The minimum Gasteiger partial charge on any atom is -0.391 e. The summed E-state index contributed by atoms with van der Waals surface area (Å²) < 4.78 is 26.3. The first-order chi connectivity index (χ1) is 9.11. The Labute approximate surface area is 110 Å². The quantitative estimate of drug-likeness (QED) is 0.890. The molecule has 2 rings (SSSR count). The van der Waals surface area contributed by atoms with Gasteiger partial charge >= 0.3 is 0 Å². The second-order valence-corrected chi connectivity index (χ2v) is 4.39. The first kappa shape index (κ1) is 13.6. The van der Waals surface area contributed by atoms with Crippen LogP contribution in [0.3, 0.4) is 0 Å². The topological polar surface area (TPSA) is 46.2 Å². The third-order valence-corrected chi connectivity index (χ3v) is 3.06. The number of hydrogen-bond acceptors (Lipinski definition) is 2. The highest BCUT2D eigenvalue weighted by atomic mass is 19.1. The molecule has 0 amide bonds. The molecule has 0 unspecified atom stereocenters. The van der Waals surface area contributed by atoms with E-state index in [0.717, 1.165) is 0 Å². The summed E-state index contributed by atoms with van der Waals surface area (Å²) in [7, 11) is 0. The minimum atomic E-state index is -0.854. The lowest BCUT2D eigenvalue weighted by molar-refractivity contribution is 0.164. The van der Waals surface area contributed by atoms with Crippen molar-refractivity contribution in [2.45, 2.75) is 12.0 Å². The second kappa shape index (κ2) is 5.91. The maximum Gasteiger partial charge on any atom is 0.123 e. The van der Waals surface area contributed by atoms with Crippen molar-refractivity contribution in [1.29, 1.82) is 0 Å². The van der Waals surface area contributed by atoms with E-state index in [0.29, 0.717) is 11.1 Å². The van der Waals surface area contributed by atoms with Crippen molar-refractivity contribution in [2.24, 2.45) is 5.73 Å². The molecule has 0 aliphatic heterocycles. The molecule has 3 N–H and O–H groups in total. The van der Waals surface area contributed by atoms with Crippen LogP contribution in [0.4, 0.5) is 8.78 Å². The first-order valence-electron chi connectivity index (χ1n) is 6.01. The van der Waals surface area contributed by atoms with E-state index >= 15 is 0 Å². The largest absolute Gasteiger partial charge is 0.391 e. The predicted molar refractivity (Wildman–Crippen MR) is 69.7 cm³/mol. The van der Waals surface area contributed by atoms with Crippen molar-refractivity contribution in [2.75, 3.05) is 6.54 Å². The van der Waals surface area contributed by atoms with E-state index in [1.807, 2.05) is 0 Å². The zero-order valence-electron chi connectivity index (χ0n) is 10.3. The fourth-order valence-electron chi connectivity index (χ4n) is 2.14. The molecule has 100 valence electrons. The maximum absolute atomic E-state index is 13.3. The van der Waals surface area contributed by atoms with Crippen LogP contribution in [-0.4, -0.2) is 17.8 Å². The molecule has 2 atom stereocenters. The molecule has 0 aliphatic rings. The van der Waals surface area contributed by atoms with E-state index in [2.05, 4.69) is 0 Å². The van der Waals surface area contributed by atoms with Gasteiger partial charge in [-0.25, -0.2) is 8.78 Å². The number of aliphatic hydroxyl groups excluding tert-OH is 1. The molecule has 2 aromatic rings. The lowest BCUT2D eigenvalue weighted by Gasteiger charge is -2.23. The molecule has 0 radical (unpaired) electrons. The molecule has 0 aromatic heterocycles. The monoisotopic (exact) mass is 263 g/mol. The number of hydrogen-bond donors (Lipinski definition) is 2. The summed E-state index contributed by atoms with van der Waals surface area (Å²) in [5, 5.41) is 10.0. The molecule has 0 aliphatic carbocycles. The van der Waals surface area contributed by atoms with E-state index < -0.39 is 12.0 Å². The molecule has 0 bridgehead atoms. The van der Waals surface area contributed by atoms with Crippen LogP contribution in [0.5, 0.6) is 0 Å². The van der Waals surface area contributed by atoms with Crippen molar-refractivity contribution < 1.29 is 13.9 Å². The van der Waals surface area contributed by atoms with Crippen LogP contribution in [0.2, 0.25) is 0 Å². The van der Waals surface area contributed by atoms with Crippen molar-refractivity contribution in [3.63, 3.8) is 0 Å². The smallest absolute Gasteiger partial charge is 0.123 e. The lowest BCUT2D eigenvalue weighted by atomic mass is 9.86. The van der Waals surface area contributed by atoms with Gasteiger partial charge in [0.05, 0.1) is 6.10 Å². The molecule has 2 nitrogen and oxygen atoms in total.